The lowest BCUT2D eigenvalue weighted by Gasteiger charge is -2.08. The first-order chi connectivity index (χ1) is 16.0. The molecule has 3 rings (SSSR count). The molecule has 0 bridgehead atoms. The molecule has 2 N–H and O–H groups in total. The van der Waals surface area contributed by atoms with Crippen molar-refractivity contribution in [3.8, 4) is 11.8 Å². The molecule has 0 fully saturated rings. The standard InChI is InChI=1S/C27H24N2O4/c28-18-24(26(30)29-15-5-9-20-6-2-1-3-7-20)16-21-11-13-25(14-12-21)33-19-22-8-4-10-23(17-22)27(31)32/h1-4,6-8,10-14,16-17H,5,9,15,19H2,(H,29,30)(H,31,32)/b24-16-. The predicted molar refractivity (Wildman–Crippen MR) is 126 cm³/mol. The predicted octanol–water partition coefficient (Wildman–Crippen LogP) is 4.62. The van der Waals surface area contributed by atoms with E-state index in [4.69, 9.17) is 9.84 Å². The molecule has 0 aliphatic carbocycles. The van der Waals surface area contributed by atoms with Crippen molar-refractivity contribution >= 4 is 18.0 Å². The molecule has 6 nitrogen and oxygen atoms in total. The summed E-state index contributed by atoms with van der Waals surface area (Å²) >= 11 is 0. The van der Waals surface area contributed by atoms with Crippen molar-refractivity contribution in [1.82, 2.24) is 5.32 Å². The number of carboxylic acid groups (broad SMARTS) is 1. The Bertz CT molecular complexity index is 1160. The number of ether oxygens (including phenoxy) is 1. The Morgan fingerprint density at radius 3 is 2.39 bits per heavy atom. The summed E-state index contributed by atoms with van der Waals surface area (Å²) in [5, 5.41) is 21.2. The lowest BCUT2D eigenvalue weighted by Crippen LogP contribution is -2.25. The second-order valence-corrected chi connectivity index (χ2v) is 7.38. The fourth-order valence-electron chi connectivity index (χ4n) is 3.17. The van der Waals surface area contributed by atoms with Gasteiger partial charge < -0.3 is 15.2 Å². The van der Waals surface area contributed by atoms with E-state index < -0.39 is 11.9 Å². The number of carboxylic acids is 1. The lowest BCUT2D eigenvalue weighted by atomic mass is 10.1. The van der Waals surface area contributed by atoms with Gasteiger partial charge in [-0.15, -0.1) is 0 Å². The number of amides is 1. The van der Waals surface area contributed by atoms with Crippen LogP contribution in [0.2, 0.25) is 0 Å². The molecule has 0 heterocycles. The number of nitrogens with one attached hydrogen (secondary N) is 1. The van der Waals surface area contributed by atoms with Crippen LogP contribution < -0.4 is 10.1 Å². The SMILES string of the molecule is N#C/C(=C/c1ccc(OCc2cccc(C(=O)O)c2)cc1)C(=O)NCCCc1ccccc1. The smallest absolute Gasteiger partial charge is 0.335 e. The van der Waals surface area contributed by atoms with Crippen LogP contribution in [0.1, 0.15) is 33.5 Å². The fourth-order valence-corrected chi connectivity index (χ4v) is 3.17. The van der Waals surface area contributed by atoms with Crippen LogP contribution in [0.5, 0.6) is 5.75 Å². The summed E-state index contributed by atoms with van der Waals surface area (Å²) < 4.78 is 5.70. The number of hydrogen-bond acceptors (Lipinski definition) is 4. The van der Waals surface area contributed by atoms with Crippen LogP contribution in [0.3, 0.4) is 0 Å². The van der Waals surface area contributed by atoms with Gasteiger partial charge in [-0.25, -0.2) is 4.79 Å². The number of carbonyl (C=O) groups is 2. The Kier molecular flexibility index (Phi) is 8.38. The van der Waals surface area contributed by atoms with Gasteiger partial charge in [0.1, 0.15) is 24.0 Å². The third kappa shape index (κ3) is 7.37. The van der Waals surface area contributed by atoms with Gasteiger partial charge in [0.25, 0.3) is 5.91 Å². The largest absolute Gasteiger partial charge is 0.489 e. The van der Waals surface area contributed by atoms with Crippen LogP contribution in [-0.4, -0.2) is 23.5 Å². The second kappa shape index (κ2) is 11.9. The quantitative estimate of drug-likeness (QED) is 0.272. The summed E-state index contributed by atoms with van der Waals surface area (Å²) in [6, 6.07) is 25.5. The summed E-state index contributed by atoms with van der Waals surface area (Å²) in [7, 11) is 0. The minimum Gasteiger partial charge on any atom is -0.489 e. The Labute approximate surface area is 192 Å². The van der Waals surface area contributed by atoms with Crippen molar-refractivity contribution in [3.05, 3.63) is 107 Å². The van der Waals surface area contributed by atoms with E-state index in [9.17, 15) is 14.9 Å². The van der Waals surface area contributed by atoms with Gasteiger partial charge >= 0.3 is 5.97 Å². The summed E-state index contributed by atoms with van der Waals surface area (Å²) in [4.78, 5) is 23.4. The molecule has 0 aliphatic rings. The highest BCUT2D eigenvalue weighted by molar-refractivity contribution is 6.01. The number of aryl methyl sites for hydroxylation is 1. The van der Waals surface area contributed by atoms with E-state index in [1.54, 1.807) is 42.5 Å². The van der Waals surface area contributed by atoms with E-state index in [-0.39, 0.29) is 17.7 Å². The molecule has 3 aromatic carbocycles. The van der Waals surface area contributed by atoms with Gasteiger partial charge in [0, 0.05) is 6.54 Å². The van der Waals surface area contributed by atoms with E-state index in [0.29, 0.717) is 17.9 Å². The Morgan fingerprint density at radius 1 is 0.970 bits per heavy atom. The normalized spacial score (nSPS) is 10.8. The van der Waals surface area contributed by atoms with Crippen molar-refractivity contribution < 1.29 is 19.4 Å². The van der Waals surface area contributed by atoms with Crippen LogP contribution in [0.15, 0.2) is 84.4 Å². The molecule has 0 aliphatic heterocycles. The van der Waals surface area contributed by atoms with Crippen molar-refractivity contribution in [2.75, 3.05) is 6.54 Å². The summed E-state index contributed by atoms with van der Waals surface area (Å²) in [6.45, 7) is 0.716. The maximum Gasteiger partial charge on any atom is 0.335 e. The van der Waals surface area contributed by atoms with Crippen molar-refractivity contribution in [3.63, 3.8) is 0 Å². The highest BCUT2D eigenvalue weighted by atomic mass is 16.5. The molecule has 1 amide bonds. The maximum absolute atomic E-state index is 12.3. The molecular weight excluding hydrogens is 416 g/mol. The zero-order valence-electron chi connectivity index (χ0n) is 18.0. The first-order valence-corrected chi connectivity index (χ1v) is 10.5. The van der Waals surface area contributed by atoms with E-state index in [1.807, 2.05) is 36.4 Å². The molecule has 0 radical (unpaired) electrons. The van der Waals surface area contributed by atoms with E-state index in [0.717, 1.165) is 18.4 Å². The molecule has 0 atom stereocenters. The number of hydrogen-bond donors (Lipinski definition) is 2. The summed E-state index contributed by atoms with van der Waals surface area (Å²) in [5.41, 5.74) is 2.90. The zero-order valence-corrected chi connectivity index (χ0v) is 18.0. The van der Waals surface area contributed by atoms with Gasteiger partial charge in [0.15, 0.2) is 0 Å². The first-order valence-electron chi connectivity index (χ1n) is 10.5. The Hall–Kier alpha value is -4.37. The Morgan fingerprint density at radius 2 is 1.70 bits per heavy atom. The molecule has 0 aromatic heterocycles. The number of nitrogens with zero attached hydrogens (tertiary/aromatic N) is 1. The average molecular weight is 440 g/mol. The number of carbonyl (C=O) groups excluding carboxylic acids is 1. The van der Waals surface area contributed by atoms with Crippen LogP contribution in [0.4, 0.5) is 0 Å². The molecule has 166 valence electrons. The van der Waals surface area contributed by atoms with Gasteiger partial charge in [-0.1, -0.05) is 54.6 Å². The van der Waals surface area contributed by atoms with Crippen LogP contribution in [0, 0.1) is 11.3 Å². The minimum atomic E-state index is -0.985. The molecule has 3 aromatic rings. The summed E-state index contributed by atoms with van der Waals surface area (Å²) in [6.07, 6.45) is 3.18. The van der Waals surface area contributed by atoms with E-state index in [2.05, 4.69) is 5.32 Å². The highest BCUT2D eigenvalue weighted by Crippen LogP contribution is 2.17. The van der Waals surface area contributed by atoms with Crippen LogP contribution in [-0.2, 0) is 17.8 Å². The van der Waals surface area contributed by atoms with Gasteiger partial charge in [0.2, 0.25) is 0 Å². The molecule has 6 heteroatoms. The number of benzene rings is 3. The summed E-state index contributed by atoms with van der Waals surface area (Å²) in [5.74, 6) is -0.789. The average Bonchev–Trinajstić information content (AvgIpc) is 2.85. The Balaban J connectivity index is 1.51. The third-order valence-electron chi connectivity index (χ3n) is 4.91. The second-order valence-electron chi connectivity index (χ2n) is 7.38. The van der Waals surface area contributed by atoms with Crippen LogP contribution in [0.25, 0.3) is 6.08 Å². The maximum atomic E-state index is 12.3. The van der Waals surface area contributed by atoms with Gasteiger partial charge in [-0.3, -0.25) is 4.79 Å². The van der Waals surface area contributed by atoms with Crippen molar-refractivity contribution in [2.45, 2.75) is 19.4 Å². The van der Waals surface area contributed by atoms with Gasteiger partial charge in [0.05, 0.1) is 5.56 Å². The monoisotopic (exact) mass is 440 g/mol. The van der Waals surface area contributed by atoms with Crippen molar-refractivity contribution in [2.24, 2.45) is 0 Å². The lowest BCUT2D eigenvalue weighted by molar-refractivity contribution is -0.117. The van der Waals surface area contributed by atoms with Gasteiger partial charge in [-0.2, -0.15) is 5.26 Å². The molecule has 0 saturated heterocycles. The van der Waals surface area contributed by atoms with Gasteiger partial charge in [-0.05, 0) is 59.9 Å². The van der Waals surface area contributed by atoms with E-state index >= 15 is 0 Å². The molecule has 0 saturated carbocycles. The molecule has 33 heavy (non-hydrogen) atoms. The number of nitriles is 1. The van der Waals surface area contributed by atoms with Crippen molar-refractivity contribution in [1.29, 1.82) is 5.26 Å². The highest BCUT2D eigenvalue weighted by Gasteiger charge is 2.09. The van der Waals surface area contributed by atoms with Crippen LogP contribution >= 0.6 is 0 Å². The first kappa shape index (κ1) is 23.3. The molecule has 0 spiro atoms. The molecule has 0 unspecified atom stereocenters. The number of rotatable bonds is 10. The zero-order chi connectivity index (χ0) is 23.5. The number of aromatic carboxylic acids is 1. The van der Waals surface area contributed by atoms with E-state index in [1.165, 1.54) is 17.7 Å². The molecular formula is C27H24N2O4. The topological polar surface area (TPSA) is 99.4 Å². The minimum absolute atomic E-state index is 0.0360. The fraction of sp³-hybridized carbons (Fsp3) is 0.148. The third-order valence-corrected chi connectivity index (χ3v) is 4.91.